The van der Waals surface area contributed by atoms with Gasteiger partial charge in [0.05, 0.1) is 18.4 Å². The van der Waals surface area contributed by atoms with Gasteiger partial charge in [-0.05, 0) is 23.3 Å². The average Bonchev–Trinajstić information content (AvgIpc) is 3.18. The van der Waals surface area contributed by atoms with Crippen LogP contribution in [0.2, 0.25) is 0 Å². The molecule has 0 radical (unpaired) electrons. The summed E-state index contributed by atoms with van der Waals surface area (Å²) in [6.07, 6.45) is 0.461. The monoisotopic (exact) mass is 389 g/mol. The molecule has 4 rings (SSSR count). The number of hydrogen-bond acceptors (Lipinski definition) is 3. The highest BCUT2D eigenvalue weighted by molar-refractivity contribution is 8.00. The Morgan fingerprint density at radius 1 is 0.893 bits per heavy atom. The van der Waals surface area contributed by atoms with Crippen molar-refractivity contribution < 1.29 is 9.53 Å². The summed E-state index contributed by atoms with van der Waals surface area (Å²) in [5.41, 5.74) is 2.30. The SMILES string of the molecule is O=C(CSc1ccccc1)N1C(Cc2ccccc2)OCC1c1ccccc1. The van der Waals surface area contributed by atoms with E-state index in [1.165, 1.54) is 5.56 Å². The van der Waals surface area contributed by atoms with Gasteiger partial charge < -0.3 is 9.64 Å². The average molecular weight is 390 g/mol. The Bertz CT molecular complexity index is 886. The highest BCUT2D eigenvalue weighted by Gasteiger charge is 2.38. The maximum atomic E-state index is 13.2. The molecular weight excluding hydrogens is 366 g/mol. The van der Waals surface area contributed by atoms with Crippen molar-refractivity contribution in [1.29, 1.82) is 0 Å². The second-order valence-corrected chi connectivity index (χ2v) is 7.86. The third kappa shape index (κ3) is 4.46. The highest BCUT2D eigenvalue weighted by atomic mass is 32.2. The minimum atomic E-state index is -0.239. The molecule has 2 atom stereocenters. The Labute approximate surface area is 170 Å². The Hall–Kier alpha value is -2.56. The van der Waals surface area contributed by atoms with Crippen LogP contribution in [-0.2, 0) is 16.0 Å². The first-order chi connectivity index (χ1) is 13.8. The molecule has 1 saturated heterocycles. The van der Waals surface area contributed by atoms with Crippen LogP contribution >= 0.6 is 11.8 Å². The third-order valence-corrected chi connectivity index (χ3v) is 5.92. The zero-order valence-corrected chi connectivity index (χ0v) is 16.4. The van der Waals surface area contributed by atoms with Crippen molar-refractivity contribution in [3.63, 3.8) is 0 Å². The van der Waals surface area contributed by atoms with Crippen LogP contribution in [0.15, 0.2) is 95.9 Å². The van der Waals surface area contributed by atoms with Crippen LogP contribution in [0.5, 0.6) is 0 Å². The van der Waals surface area contributed by atoms with Crippen molar-refractivity contribution in [3.8, 4) is 0 Å². The minimum Gasteiger partial charge on any atom is -0.355 e. The molecule has 0 N–H and O–H groups in total. The smallest absolute Gasteiger partial charge is 0.235 e. The van der Waals surface area contributed by atoms with E-state index in [-0.39, 0.29) is 18.2 Å². The number of nitrogens with zero attached hydrogens (tertiary/aromatic N) is 1. The molecule has 4 heteroatoms. The number of amides is 1. The lowest BCUT2D eigenvalue weighted by atomic mass is 10.1. The van der Waals surface area contributed by atoms with Crippen LogP contribution in [0, 0.1) is 0 Å². The molecule has 0 spiro atoms. The van der Waals surface area contributed by atoms with E-state index in [0.717, 1.165) is 10.5 Å². The summed E-state index contributed by atoms with van der Waals surface area (Å²) in [6, 6.07) is 30.4. The molecule has 3 aromatic rings. The van der Waals surface area contributed by atoms with E-state index >= 15 is 0 Å². The lowest BCUT2D eigenvalue weighted by Crippen LogP contribution is -2.40. The first-order valence-electron chi connectivity index (χ1n) is 9.51. The lowest BCUT2D eigenvalue weighted by molar-refractivity contribution is -0.134. The van der Waals surface area contributed by atoms with Gasteiger partial charge in [0.25, 0.3) is 0 Å². The zero-order valence-electron chi connectivity index (χ0n) is 15.6. The van der Waals surface area contributed by atoms with E-state index in [1.807, 2.05) is 71.6 Å². The Kier molecular flexibility index (Phi) is 6.10. The number of thioether (sulfide) groups is 1. The summed E-state index contributed by atoms with van der Waals surface area (Å²) in [4.78, 5) is 16.3. The fraction of sp³-hybridized carbons (Fsp3) is 0.208. The van der Waals surface area contributed by atoms with Crippen molar-refractivity contribution in [1.82, 2.24) is 4.90 Å². The van der Waals surface area contributed by atoms with E-state index in [4.69, 9.17) is 4.74 Å². The number of rotatable bonds is 6. The van der Waals surface area contributed by atoms with Crippen LogP contribution < -0.4 is 0 Å². The number of ether oxygens (including phenoxy) is 1. The van der Waals surface area contributed by atoms with Gasteiger partial charge in [-0.1, -0.05) is 78.9 Å². The second kappa shape index (κ2) is 9.09. The summed E-state index contributed by atoms with van der Waals surface area (Å²) in [5.74, 6) is 0.517. The van der Waals surface area contributed by atoms with Gasteiger partial charge in [-0.3, -0.25) is 4.79 Å². The molecule has 1 heterocycles. The summed E-state index contributed by atoms with van der Waals surface area (Å²) < 4.78 is 6.11. The van der Waals surface area contributed by atoms with Gasteiger partial charge in [-0.15, -0.1) is 11.8 Å². The molecule has 1 fully saturated rings. The van der Waals surface area contributed by atoms with Crippen LogP contribution in [0.25, 0.3) is 0 Å². The van der Waals surface area contributed by atoms with Crippen molar-refractivity contribution in [3.05, 3.63) is 102 Å². The molecular formula is C24H23NO2S. The number of benzene rings is 3. The number of hydrogen-bond donors (Lipinski definition) is 0. The molecule has 0 aromatic heterocycles. The lowest BCUT2D eigenvalue weighted by Gasteiger charge is -2.28. The Morgan fingerprint density at radius 2 is 1.50 bits per heavy atom. The first kappa shape index (κ1) is 18.8. The quantitative estimate of drug-likeness (QED) is 0.559. The van der Waals surface area contributed by atoms with Crippen molar-refractivity contribution in [2.24, 2.45) is 0 Å². The topological polar surface area (TPSA) is 29.5 Å². The number of carbonyl (C=O) groups excluding carboxylic acids is 1. The minimum absolute atomic E-state index is 0.0428. The molecule has 3 nitrogen and oxygen atoms in total. The Balaban J connectivity index is 1.53. The molecule has 1 aliphatic heterocycles. The fourth-order valence-corrected chi connectivity index (χ4v) is 4.33. The van der Waals surface area contributed by atoms with E-state index in [9.17, 15) is 4.79 Å². The molecule has 0 saturated carbocycles. The molecule has 0 bridgehead atoms. The van der Waals surface area contributed by atoms with E-state index in [2.05, 4.69) is 24.3 Å². The van der Waals surface area contributed by atoms with Crippen LogP contribution in [0.3, 0.4) is 0 Å². The summed E-state index contributed by atoms with van der Waals surface area (Å²) in [7, 11) is 0. The standard InChI is InChI=1S/C24H23NO2S/c26-23(18-28-21-14-8-3-9-15-21)25-22(20-12-6-2-7-13-20)17-27-24(25)16-19-10-4-1-5-11-19/h1-15,22,24H,16-18H2. The Morgan fingerprint density at radius 3 is 2.18 bits per heavy atom. The predicted molar refractivity (Wildman–Crippen MR) is 113 cm³/mol. The van der Waals surface area contributed by atoms with Gasteiger partial charge in [-0.2, -0.15) is 0 Å². The maximum absolute atomic E-state index is 13.2. The van der Waals surface area contributed by atoms with Crippen molar-refractivity contribution in [2.45, 2.75) is 23.6 Å². The van der Waals surface area contributed by atoms with Crippen LogP contribution in [-0.4, -0.2) is 29.4 Å². The molecule has 2 unspecified atom stereocenters. The summed E-state index contributed by atoms with van der Waals surface area (Å²) >= 11 is 1.57. The maximum Gasteiger partial charge on any atom is 0.235 e. The van der Waals surface area contributed by atoms with Gasteiger partial charge >= 0.3 is 0 Å². The van der Waals surface area contributed by atoms with E-state index < -0.39 is 0 Å². The van der Waals surface area contributed by atoms with Gasteiger partial charge in [-0.25, -0.2) is 0 Å². The normalized spacial score (nSPS) is 18.9. The molecule has 0 aliphatic carbocycles. The first-order valence-corrected chi connectivity index (χ1v) is 10.5. The molecule has 28 heavy (non-hydrogen) atoms. The van der Waals surface area contributed by atoms with Gasteiger partial charge in [0.15, 0.2) is 0 Å². The molecule has 142 valence electrons. The molecule has 1 amide bonds. The van der Waals surface area contributed by atoms with Crippen LogP contribution in [0.1, 0.15) is 17.2 Å². The van der Waals surface area contributed by atoms with Gasteiger partial charge in [0.1, 0.15) is 6.23 Å². The second-order valence-electron chi connectivity index (χ2n) is 6.81. The molecule has 3 aromatic carbocycles. The van der Waals surface area contributed by atoms with E-state index in [0.29, 0.717) is 18.8 Å². The highest BCUT2D eigenvalue weighted by Crippen LogP contribution is 2.33. The predicted octanol–water partition coefficient (Wildman–Crippen LogP) is 4.95. The summed E-state index contributed by atoms with van der Waals surface area (Å²) in [6.45, 7) is 0.531. The zero-order chi connectivity index (χ0) is 19.2. The number of carbonyl (C=O) groups is 1. The fourth-order valence-electron chi connectivity index (χ4n) is 3.54. The van der Waals surface area contributed by atoms with Crippen molar-refractivity contribution in [2.75, 3.05) is 12.4 Å². The largest absolute Gasteiger partial charge is 0.355 e. The van der Waals surface area contributed by atoms with Crippen molar-refractivity contribution >= 4 is 17.7 Å². The van der Waals surface area contributed by atoms with E-state index in [1.54, 1.807) is 11.8 Å². The van der Waals surface area contributed by atoms with Gasteiger partial charge in [0.2, 0.25) is 5.91 Å². The summed E-state index contributed by atoms with van der Waals surface area (Å²) in [5, 5.41) is 0. The third-order valence-electron chi connectivity index (χ3n) is 4.92. The van der Waals surface area contributed by atoms with Gasteiger partial charge in [0, 0.05) is 11.3 Å². The molecule has 1 aliphatic rings. The van der Waals surface area contributed by atoms with Crippen LogP contribution in [0.4, 0.5) is 0 Å².